The Bertz CT molecular complexity index is 1200. The average Bonchev–Trinajstić information content (AvgIpc) is 3.50. The van der Waals surface area contributed by atoms with Crippen LogP contribution in [0.15, 0.2) is 79.5 Å². The van der Waals surface area contributed by atoms with Gasteiger partial charge in [0.05, 0.1) is 0 Å². The maximum Gasteiger partial charge on any atom is 0.164 e. The molecular formula is C33H42FN3O2. The molecule has 0 aromatic heterocycles. The molecule has 6 heteroatoms. The average molecular weight is 532 g/mol. The molecule has 1 saturated carbocycles. The van der Waals surface area contributed by atoms with E-state index in [-0.39, 0.29) is 11.3 Å². The van der Waals surface area contributed by atoms with Crippen LogP contribution in [0.1, 0.15) is 57.4 Å². The Morgan fingerprint density at radius 3 is 2.28 bits per heavy atom. The van der Waals surface area contributed by atoms with Crippen molar-refractivity contribution in [3.8, 4) is 22.6 Å². The first-order chi connectivity index (χ1) is 19.0. The van der Waals surface area contributed by atoms with Crippen LogP contribution < -0.4 is 10.6 Å². The Morgan fingerprint density at radius 2 is 1.67 bits per heavy atom. The summed E-state index contributed by atoms with van der Waals surface area (Å²) in [6.07, 6.45) is 10.6. The van der Waals surface area contributed by atoms with Crippen LogP contribution in [-0.4, -0.2) is 40.8 Å². The Hall–Kier alpha value is -3.35. The number of halogens is 1. The number of benzene rings is 3. The van der Waals surface area contributed by atoms with Gasteiger partial charge in [0.15, 0.2) is 11.6 Å². The van der Waals surface area contributed by atoms with Gasteiger partial charge in [0.25, 0.3) is 0 Å². The minimum atomic E-state index is -0.625. The van der Waals surface area contributed by atoms with Crippen LogP contribution in [0, 0.1) is 5.82 Å². The number of hydrogen-bond acceptors (Lipinski definition) is 5. The highest BCUT2D eigenvalue weighted by Gasteiger charge is 2.37. The zero-order chi connectivity index (χ0) is 27.7. The fourth-order valence-electron chi connectivity index (χ4n) is 5.88. The summed E-state index contributed by atoms with van der Waals surface area (Å²) in [6, 6.07) is 21.3. The molecule has 3 aromatic carbocycles. The van der Waals surface area contributed by atoms with Crippen molar-refractivity contribution in [1.82, 2.24) is 10.2 Å². The van der Waals surface area contributed by atoms with Crippen LogP contribution in [0.3, 0.4) is 0 Å². The van der Waals surface area contributed by atoms with E-state index in [4.69, 9.17) is 5.11 Å². The van der Waals surface area contributed by atoms with Crippen molar-refractivity contribution in [2.24, 2.45) is 0 Å². The second-order valence-electron chi connectivity index (χ2n) is 10.6. The van der Waals surface area contributed by atoms with E-state index in [9.17, 15) is 9.50 Å². The van der Waals surface area contributed by atoms with Gasteiger partial charge in [-0.1, -0.05) is 68.8 Å². The van der Waals surface area contributed by atoms with Crippen molar-refractivity contribution in [1.29, 1.82) is 0 Å². The molecular weight excluding hydrogens is 489 g/mol. The highest BCUT2D eigenvalue weighted by atomic mass is 19.1. The van der Waals surface area contributed by atoms with Gasteiger partial charge in [-0.15, -0.1) is 0 Å². The third-order valence-corrected chi connectivity index (χ3v) is 8.07. The number of phenols is 2. The summed E-state index contributed by atoms with van der Waals surface area (Å²) >= 11 is 0. The zero-order valence-corrected chi connectivity index (χ0v) is 23.0. The summed E-state index contributed by atoms with van der Waals surface area (Å²) in [6.45, 7) is 9.12. The summed E-state index contributed by atoms with van der Waals surface area (Å²) < 4.78 is 12.4. The number of nitrogens with zero attached hydrogens (tertiary/aromatic N) is 1. The van der Waals surface area contributed by atoms with Gasteiger partial charge in [-0.05, 0) is 74.2 Å². The molecule has 1 aliphatic carbocycles. The quantitative estimate of drug-likeness (QED) is 0.244. The first-order valence-corrected chi connectivity index (χ1v) is 14.2. The van der Waals surface area contributed by atoms with Crippen molar-refractivity contribution >= 4 is 5.69 Å². The zero-order valence-electron chi connectivity index (χ0n) is 23.0. The number of hydrogen-bond donors (Lipinski definition) is 4. The molecule has 5 rings (SSSR count). The third kappa shape index (κ3) is 7.20. The van der Waals surface area contributed by atoms with E-state index < -0.39 is 5.82 Å². The van der Waals surface area contributed by atoms with Crippen molar-refractivity contribution in [2.75, 3.05) is 25.0 Å². The van der Waals surface area contributed by atoms with E-state index in [2.05, 4.69) is 53.3 Å². The predicted molar refractivity (Wildman–Crippen MR) is 158 cm³/mol. The van der Waals surface area contributed by atoms with Crippen LogP contribution >= 0.6 is 0 Å². The number of anilines is 1. The number of nitrogens with one attached hydrogen (secondary N) is 2. The second kappa shape index (κ2) is 13.6. The fourth-order valence-corrected chi connectivity index (χ4v) is 5.88. The maximum atomic E-state index is 12.4. The standard InChI is InChI=1S/C25H34N2O.C8H8FNO/c1-2-17-26-25(15-18-27(19-16-25)22-7-3-4-8-22)21-13-11-20(12-14-21)23-9-5-6-10-24(23)28;1-2-10-6-3-4-7(9)8(11)5-6/h5-6,9-14,22,26,28H,2-4,7-8,15-19H2,1H3;2-5,10-11H,1H2. The lowest BCUT2D eigenvalue weighted by Crippen LogP contribution is -2.53. The maximum absolute atomic E-state index is 12.4. The molecule has 39 heavy (non-hydrogen) atoms. The molecule has 2 aliphatic rings. The Balaban J connectivity index is 0.000000270. The van der Waals surface area contributed by atoms with E-state index in [1.807, 2.05) is 18.2 Å². The fraction of sp³-hybridized carbons (Fsp3) is 0.394. The Kier molecular flexibility index (Phi) is 10.0. The van der Waals surface area contributed by atoms with Crippen LogP contribution in [0.4, 0.5) is 10.1 Å². The van der Waals surface area contributed by atoms with Gasteiger partial charge >= 0.3 is 0 Å². The molecule has 208 valence electrons. The second-order valence-corrected chi connectivity index (χ2v) is 10.6. The Morgan fingerprint density at radius 1 is 0.974 bits per heavy atom. The lowest BCUT2D eigenvalue weighted by atomic mass is 9.79. The number of para-hydroxylation sites is 1. The van der Waals surface area contributed by atoms with E-state index in [1.165, 1.54) is 81.6 Å². The van der Waals surface area contributed by atoms with Crippen molar-refractivity contribution < 1.29 is 14.6 Å². The van der Waals surface area contributed by atoms with E-state index in [1.54, 1.807) is 6.07 Å². The van der Waals surface area contributed by atoms with E-state index in [0.29, 0.717) is 11.4 Å². The summed E-state index contributed by atoms with van der Waals surface area (Å²) in [5, 5.41) is 25.7. The summed E-state index contributed by atoms with van der Waals surface area (Å²) in [7, 11) is 0. The topological polar surface area (TPSA) is 67.8 Å². The van der Waals surface area contributed by atoms with E-state index in [0.717, 1.165) is 30.1 Å². The van der Waals surface area contributed by atoms with Gasteiger partial charge in [0.1, 0.15) is 5.75 Å². The number of rotatable bonds is 8. The molecule has 0 radical (unpaired) electrons. The predicted octanol–water partition coefficient (Wildman–Crippen LogP) is 7.38. The van der Waals surface area contributed by atoms with Crippen molar-refractivity contribution in [3.05, 3.63) is 90.9 Å². The number of piperidine rings is 1. The van der Waals surface area contributed by atoms with Crippen LogP contribution in [0.2, 0.25) is 0 Å². The summed E-state index contributed by atoms with van der Waals surface area (Å²) in [4.78, 5) is 2.75. The molecule has 5 nitrogen and oxygen atoms in total. The molecule has 3 aromatic rings. The van der Waals surface area contributed by atoms with Crippen LogP contribution in [0.5, 0.6) is 11.5 Å². The van der Waals surface area contributed by atoms with Crippen LogP contribution in [0.25, 0.3) is 11.1 Å². The van der Waals surface area contributed by atoms with Gasteiger partial charge in [0.2, 0.25) is 0 Å². The molecule has 0 atom stereocenters. The van der Waals surface area contributed by atoms with Gasteiger partial charge in [-0.2, -0.15) is 0 Å². The van der Waals surface area contributed by atoms with Gasteiger partial charge in [0, 0.05) is 42.0 Å². The minimum absolute atomic E-state index is 0.0857. The molecule has 4 N–H and O–H groups in total. The normalized spacial score (nSPS) is 17.3. The highest BCUT2D eigenvalue weighted by molar-refractivity contribution is 5.70. The lowest BCUT2D eigenvalue weighted by molar-refractivity contribution is 0.0983. The molecule has 2 fully saturated rings. The van der Waals surface area contributed by atoms with E-state index >= 15 is 0 Å². The number of likely N-dealkylation sites (tertiary alicyclic amines) is 1. The first-order valence-electron chi connectivity index (χ1n) is 14.2. The Labute approximate surface area is 232 Å². The molecule has 1 saturated heterocycles. The summed E-state index contributed by atoms with van der Waals surface area (Å²) in [5.74, 6) is -0.643. The molecule has 1 aliphatic heterocycles. The third-order valence-electron chi connectivity index (χ3n) is 8.07. The number of phenolic OH excluding ortho intramolecular Hbond substituents is 2. The molecule has 0 spiro atoms. The minimum Gasteiger partial charge on any atom is -0.507 e. The smallest absolute Gasteiger partial charge is 0.164 e. The summed E-state index contributed by atoms with van der Waals surface area (Å²) in [5.41, 5.74) is 4.07. The van der Waals surface area contributed by atoms with Gasteiger partial charge in [-0.25, -0.2) is 4.39 Å². The largest absolute Gasteiger partial charge is 0.507 e. The van der Waals surface area contributed by atoms with Crippen molar-refractivity contribution in [3.63, 3.8) is 0 Å². The van der Waals surface area contributed by atoms with Gasteiger partial charge in [-0.3, -0.25) is 0 Å². The lowest BCUT2D eigenvalue weighted by Gasteiger charge is -2.45. The number of aromatic hydroxyl groups is 2. The molecule has 1 heterocycles. The van der Waals surface area contributed by atoms with Gasteiger partial charge < -0.3 is 25.7 Å². The SMILES string of the molecule is C=CNc1ccc(F)c(O)c1.CCCNC1(c2ccc(-c3ccccc3O)cc2)CCN(C2CCCC2)CC1. The van der Waals surface area contributed by atoms with Crippen LogP contribution in [-0.2, 0) is 5.54 Å². The first kappa shape index (κ1) is 28.7. The highest BCUT2D eigenvalue weighted by Crippen LogP contribution is 2.37. The monoisotopic (exact) mass is 531 g/mol. The van der Waals surface area contributed by atoms with Crippen molar-refractivity contribution in [2.45, 2.75) is 63.5 Å². The molecule has 0 unspecified atom stereocenters. The molecule has 0 bridgehead atoms. The molecule has 0 amide bonds.